The molecule has 0 unspecified atom stereocenters. The normalized spacial score (nSPS) is 15.0. The lowest BCUT2D eigenvalue weighted by atomic mass is 10.0. The largest absolute Gasteiger partial charge is 0.360 e. The number of nitrogens with one attached hydrogen (secondary N) is 1. The van der Waals surface area contributed by atoms with Crippen LogP contribution in [-0.4, -0.2) is 17.1 Å². The lowest BCUT2D eigenvalue weighted by molar-refractivity contribution is 0.0924. The van der Waals surface area contributed by atoms with E-state index in [0.29, 0.717) is 17.9 Å². The van der Waals surface area contributed by atoms with Crippen LogP contribution in [0.5, 0.6) is 0 Å². The number of rotatable bonds is 6. The molecule has 0 bridgehead atoms. The second kappa shape index (κ2) is 9.17. The van der Waals surface area contributed by atoms with Gasteiger partial charge in [-0.05, 0) is 49.3 Å². The number of hydrogen-bond donors (Lipinski definition) is 1. The number of carbonyl (C=O) groups excluding carboxylic acids is 1. The van der Waals surface area contributed by atoms with E-state index in [9.17, 15) is 4.79 Å². The highest BCUT2D eigenvalue weighted by molar-refractivity contribution is 5.92. The molecule has 1 aromatic carbocycles. The van der Waals surface area contributed by atoms with Crippen LogP contribution in [-0.2, 0) is 19.3 Å². The standard InChI is InChI=1S/C23H26N2O2/c1-3-4-5-8-17(2)15-21-16-22(25-27-21)23(26)24-20-13-11-18-9-6-7-10-19(18)12-14-20/h3-10,16,20H,2,11-15H2,1H3,(H,24,26)/b4-3-,8-5-. The van der Waals surface area contributed by atoms with Crippen LogP contribution in [0.25, 0.3) is 0 Å². The number of aromatic nitrogens is 1. The Balaban J connectivity index is 1.54. The van der Waals surface area contributed by atoms with E-state index in [4.69, 9.17) is 4.52 Å². The molecule has 2 aromatic rings. The topological polar surface area (TPSA) is 55.1 Å². The maximum absolute atomic E-state index is 12.5. The number of carbonyl (C=O) groups is 1. The first-order valence-electron chi connectivity index (χ1n) is 9.46. The van der Waals surface area contributed by atoms with Crippen LogP contribution in [0.3, 0.4) is 0 Å². The van der Waals surface area contributed by atoms with Gasteiger partial charge in [-0.1, -0.05) is 60.3 Å². The number of nitrogens with zero attached hydrogens (tertiary/aromatic N) is 1. The molecule has 0 radical (unpaired) electrons. The average molecular weight is 362 g/mol. The lowest BCUT2D eigenvalue weighted by Crippen LogP contribution is -2.35. The Bertz CT molecular complexity index is 834. The van der Waals surface area contributed by atoms with Gasteiger partial charge in [-0.3, -0.25) is 4.79 Å². The molecular weight excluding hydrogens is 336 g/mol. The van der Waals surface area contributed by atoms with Crippen molar-refractivity contribution in [2.75, 3.05) is 0 Å². The number of allylic oxidation sites excluding steroid dienone is 5. The molecule has 0 fully saturated rings. The van der Waals surface area contributed by atoms with Crippen LogP contribution in [0.1, 0.15) is 47.1 Å². The fourth-order valence-electron chi connectivity index (χ4n) is 3.34. The fraction of sp³-hybridized carbons (Fsp3) is 0.304. The number of hydrogen-bond acceptors (Lipinski definition) is 3. The number of aryl methyl sites for hydroxylation is 2. The molecule has 0 spiro atoms. The zero-order valence-electron chi connectivity index (χ0n) is 15.8. The van der Waals surface area contributed by atoms with E-state index >= 15 is 0 Å². The molecule has 1 N–H and O–H groups in total. The van der Waals surface area contributed by atoms with Gasteiger partial charge < -0.3 is 9.84 Å². The summed E-state index contributed by atoms with van der Waals surface area (Å²) in [6.07, 6.45) is 12.1. The van der Waals surface area contributed by atoms with Gasteiger partial charge in [0.25, 0.3) is 5.91 Å². The number of fused-ring (bicyclic) bond motifs is 1. The molecule has 4 heteroatoms. The van der Waals surface area contributed by atoms with Crippen molar-refractivity contribution < 1.29 is 9.32 Å². The van der Waals surface area contributed by atoms with Gasteiger partial charge in [0, 0.05) is 18.5 Å². The summed E-state index contributed by atoms with van der Waals surface area (Å²) in [6.45, 7) is 5.95. The first-order valence-corrected chi connectivity index (χ1v) is 9.46. The predicted octanol–water partition coefficient (Wildman–Crippen LogP) is 4.58. The maximum Gasteiger partial charge on any atom is 0.273 e. The fourth-order valence-corrected chi connectivity index (χ4v) is 3.34. The van der Waals surface area contributed by atoms with Gasteiger partial charge in [-0.2, -0.15) is 0 Å². The Morgan fingerprint density at radius 3 is 2.63 bits per heavy atom. The van der Waals surface area contributed by atoms with E-state index in [0.717, 1.165) is 31.3 Å². The number of amides is 1. The lowest BCUT2D eigenvalue weighted by Gasteiger charge is -2.14. The van der Waals surface area contributed by atoms with Crippen molar-refractivity contribution in [3.8, 4) is 0 Å². The van der Waals surface area contributed by atoms with Gasteiger partial charge >= 0.3 is 0 Å². The van der Waals surface area contributed by atoms with Gasteiger partial charge in [-0.25, -0.2) is 0 Å². The molecule has 27 heavy (non-hydrogen) atoms. The van der Waals surface area contributed by atoms with E-state index in [2.05, 4.69) is 41.3 Å². The van der Waals surface area contributed by atoms with Crippen LogP contribution >= 0.6 is 0 Å². The minimum Gasteiger partial charge on any atom is -0.360 e. The van der Waals surface area contributed by atoms with Crippen LogP contribution in [0.4, 0.5) is 0 Å². The molecular formula is C23H26N2O2. The van der Waals surface area contributed by atoms with Crippen molar-refractivity contribution in [3.63, 3.8) is 0 Å². The van der Waals surface area contributed by atoms with Gasteiger partial charge in [0.05, 0.1) is 0 Å². The summed E-state index contributed by atoms with van der Waals surface area (Å²) in [7, 11) is 0. The Hall–Kier alpha value is -2.88. The van der Waals surface area contributed by atoms with E-state index in [1.165, 1.54) is 11.1 Å². The third-order valence-electron chi connectivity index (χ3n) is 4.81. The van der Waals surface area contributed by atoms with Crippen molar-refractivity contribution in [2.24, 2.45) is 0 Å². The SMILES string of the molecule is C=C(/C=C\C=C/C)Cc1cc(C(=O)NC2CCc3ccccc3CC2)no1. The second-order valence-electron chi connectivity index (χ2n) is 6.91. The van der Waals surface area contributed by atoms with Crippen LogP contribution in [0.2, 0.25) is 0 Å². The summed E-state index contributed by atoms with van der Waals surface area (Å²) in [5.41, 5.74) is 4.01. The van der Waals surface area contributed by atoms with Gasteiger partial charge in [0.2, 0.25) is 0 Å². The van der Waals surface area contributed by atoms with E-state index in [1.54, 1.807) is 6.07 Å². The van der Waals surface area contributed by atoms with Crippen LogP contribution < -0.4 is 5.32 Å². The van der Waals surface area contributed by atoms with Crippen molar-refractivity contribution in [1.29, 1.82) is 0 Å². The van der Waals surface area contributed by atoms with Crippen LogP contribution in [0.15, 0.2) is 71.3 Å². The maximum atomic E-state index is 12.5. The van der Waals surface area contributed by atoms with Crippen molar-refractivity contribution >= 4 is 5.91 Å². The predicted molar refractivity (Wildman–Crippen MR) is 108 cm³/mol. The molecule has 1 heterocycles. The summed E-state index contributed by atoms with van der Waals surface area (Å²) >= 11 is 0. The monoisotopic (exact) mass is 362 g/mol. The highest BCUT2D eigenvalue weighted by atomic mass is 16.5. The molecule has 140 valence electrons. The summed E-state index contributed by atoms with van der Waals surface area (Å²) in [5.74, 6) is 0.472. The van der Waals surface area contributed by atoms with Gasteiger partial charge in [-0.15, -0.1) is 0 Å². The van der Waals surface area contributed by atoms with Crippen molar-refractivity contribution in [2.45, 2.75) is 45.1 Å². The Morgan fingerprint density at radius 1 is 1.26 bits per heavy atom. The molecule has 1 aliphatic rings. The first-order chi connectivity index (χ1) is 13.2. The number of benzene rings is 1. The third-order valence-corrected chi connectivity index (χ3v) is 4.81. The quantitative estimate of drug-likeness (QED) is 0.604. The molecule has 1 aliphatic carbocycles. The summed E-state index contributed by atoms with van der Waals surface area (Å²) in [4.78, 5) is 12.5. The summed E-state index contributed by atoms with van der Waals surface area (Å²) < 4.78 is 5.30. The molecule has 0 aliphatic heterocycles. The molecule has 0 saturated heterocycles. The van der Waals surface area contributed by atoms with Crippen LogP contribution in [0, 0.1) is 0 Å². The molecule has 1 aromatic heterocycles. The third kappa shape index (κ3) is 5.30. The molecule has 1 amide bonds. The highest BCUT2D eigenvalue weighted by Crippen LogP contribution is 2.21. The van der Waals surface area contributed by atoms with Crippen molar-refractivity contribution in [1.82, 2.24) is 10.5 Å². The summed E-state index contributed by atoms with van der Waals surface area (Å²) in [5, 5.41) is 7.04. The highest BCUT2D eigenvalue weighted by Gasteiger charge is 2.20. The van der Waals surface area contributed by atoms with E-state index < -0.39 is 0 Å². The molecule has 0 saturated carbocycles. The first kappa shape index (κ1) is 18.9. The smallest absolute Gasteiger partial charge is 0.273 e. The zero-order chi connectivity index (χ0) is 19.1. The Kier molecular flexibility index (Phi) is 6.42. The summed E-state index contributed by atoms with van der Waals surface area (Å²) in [6, 6.07) is 10.4. The van der Waals surface area contributed by atoms with Crippen molar-refractivity contribution in [3.05, 3.63) is 89.4 Å². The van der Waals surface area contributed by atoms with Gasteiger partial charge in [0.15, 0.2) is 5.69 Å². The molecule has 0 atom stereocenters. The zero-order valence-corrected chi connectivity index (χ0v) is 15.8. The Morgan fingerprint density at radius 2 is 1.96 bits per heavy atom. The average Bonchev–Trinajstić information content (AvgIpc) is 3.03. The molecule has 4 nitrogen and oxygen atoms in total. The van der Waals surface area contributed by atoms with E-state index in [-0.39, 0.29) is 11.9 Å². The second-order valence-corrected chi connectivity index (χ2v) is 6.91. The minimum atomic E-state index is -0.170. The Labute approximate surface area is 160 Å². The van der Waals surface area contributed by atoms with E-state index in [1.807, 2.05) is 31.2 Å². The van der Waals surface area contributed by atoms with Gasteiger partial charge in [0.1, 0.15) is 5.76 Å². The minimum absolute atomic E-state index is 0.156. The molecule has 3 rings (SSSR count).